The van der Waals surface area contributed by atoms with Gasteiger partial charge in [0.25, 0.3) is 0 Å². The van der Waals surface area contributed by atoms with Gasteiger partial charge in [0.15, 0.2) is 11.5 Å². The quantitative estimate of drug-likeness (QED) is 0.792. The van der Waals surface area contributed by atoms with E-state index in [0.29, 0.717) is 12.2 Å². The van der Waals surface area contributed by atoms with E-state index >= 15 is 0 Å². The third-order valence-corrected chi connectivity index (χ3v) is 2.11. The highest BCUT2D eigenvalue weighted by molar-refractivity contribution is 5.90. The van der Waals surface area contributed by atoms with Crippen molar-refractivity contribution >= 4 is 5.97 Å². The summed E-state index contributed by atoms with van der Waals surface area (Å²) in [6.45, 7) is 2.19. The molecule has 0 aliphatic heterocycles. The van der Waals surface area contributed by atoms with Crippen molar-refractivity contribution in [3.8, 4) is 11.5 Å². The lowest BCUT2D eigenvalue weighted by Gasteiger charge is -2.15. The molecule has 1 unspecified atom stereocenters. The zero-order chi connectivity index (χ0) is 12.8. The van der Waals surface area contributed by atoms with Gasteiger partial charge >= 0.3 is 5.97 Å². The number of carbonyl (C=O) groups excluding carboxylic acids is 1. The van der Waals surface area contributed by atoms with Crippen LogP contribution in [0.3, 0.4) is 0 Å². The Bertz CT molecular complexity index is 388. The third kappa shape index (κ3) is 3.64. The van der Waals surface area contributed by atoms with Crippen LogP contribution < -0.4 is 4.74 Å². The Hall–Kier alpha value is -1.75. The molecule has 0 saturated heterocycles. The number of phenols is 1. The molecular formula is C12H16O5. The van der Waals surface area contributed by atoms with Crippen LogP contribution in [0.2, 0.25) is 0 Å². The Balaban J connectivity index is 2.86. The summed E-state index contributed by atoms with van der Waals surface area (Å²) in [5.74, 6) is -0.271. The van der Waals surface area contributed by atoms with E-state index in [-0.39, 0.29) is 17.6 Å². The minimum Gasteiger partial charge on any atom is -0.504 e. The van der Waals surface area contributed by atoms with Gasteiger partial charge < -0.3 is 19.3 Å². The van der Waals surface area contributed by atoms with Crippen LogP contribution >= 0.6 is 0 Å². The van der Waals surface area contributed by atoms with E-state index in [1.54, 1.807) is 14.0 Å². The number of ether oxygens (including phenoxy) is 3. The summed E-state index contributed by atoms with van der Waals surface area (Å²) in [7, 11) is 2.86. The van der Waals surface area contributed by atoms with Gasteiger partial charge in [-0.2, -0.15) is 0 Å². The molecule has 94 valence electrons. The fourth-order valence-corrected chi connectivity index (χ4v) is 1.34. The zero-order valence-corrected chi connectivity index (χ0v) is 10.1. The van der Waals surface area contributed by atoms with Crippen molar-refractivity contribution in [2.75, 3.05) is 20.8 Å². The van der Waals surface area contributed by atoms with E-state index < -0.39 is 5.97 Å². The topological polar surface area (TPSA) is 65.0 Å². The molecular weight excluding hydrogens is 224 g/mol. The summed E-state index contributed by atoms with van der Waals surface area (Å²) in [4.78, 5) is 11.3. The first-order valence-electron chi connectivity index (χ1n) is 5.15. The van der Waals surface area contributed by atoms with Crippen LogP contribution in [0.15, 0.2) is 18.2 Å². The fraction of sp³-hybridized carbons (Fsp3) is 0.417. The molecule has 0 aliphatic rings. The Labute approximate surface area is 99.9 Å². The number of hydrogen-bond donors (Lipinski definition) is 1. The first-order valence-corrected chi connectivity index (χ1v) is 5.15. The van der Waals surface area contributed by atoms with Gasteiger partial charge in [0.1, 0.15) is 6.10 Å². The van der Waals surface area contributed by atoms with Crippen molar-refractivity contribution in [2.45, 2.75) is 13.0 Å². The Morgan fingerprint density at radius 3 is 2.71 bits per heavy atom. The average Bonchev–Trinajstić information content (AvgIpc) is 2.31. The number of hydrogen-bond acceptors (Lipinski definition) is 5. The molecule has 17 heavy (non-hydrogen) atoms. The molecule has 0 amide bonds. The Morgan fingerprint density at radius 2 is 2.12 bits per heavy atom. The summed E-state index contributed by atoms with van der Waals surface area (Å²) in [5, 5.41) is 9.59. The van der Waals surface area contributed by atoms with Crippen LogP contribution in [0.1, 0.15) is 17.3 Å². The molecule has 0 aliphatic carbocycles. The first kappa shape index (κ1) is 13.3. The van der Waals surface area contributed by atoms with Gasteiger partial charge in [-0.3, -0.25) is 0 Å². The van der Waals surface area contributed by atoms with E-state index in [0.717, 1.165) is 0 Å². The first-order chi connectivity index (χ1) is 8.08. The highest BCUT2D eigenvalue weighted by Gasteiger charge is 2.12. The molecule has 0 fully saturated rings. The lowest BCUT2D eigenvalue weighted by molar-refractivity contribution is 0.0598. The number of phenolic OH excluding ortho intramolecular Hbond substituents is 1. The van der Waals surface area contributed by atoms with Gasteiger partial charge in [0, 0.05) is 7.11 Å². The van der Waals surface area contributed by atoms with Crippen LogP contribution in [0.25, 0.3) is 0 Å². The van der Waals surface area contributed by atoms with E-state index in [1.165, 1.54) is 25.3 Å². The fourth-order valence-electron chi connectivity index (χ4n) is 1.34. The number of methoxy groups -OCH3 is 2. The third-order valence-electron chi connectivity index (χ3n) is 2.11. The molecule has 1 aromatic rings. The minimum absolute atomic E-state index is 0.0272. The van der Waals surface area contributed by atoms with Gasteiger partial charge in [-0.05, 0) is 25.1 Å². The summed E-state index contributed by atoms with van der Waals surface area (Å²) < 4.78 is 14.9. The second-order valence-corrected chi connectivity index (χ2v) is 3.56. The summed E-state index contributed by atoms with van der Waals surface area (Å²) >= 11 is 0. The van der Waals surface area contributed by atoms with Gasteiger partial charge in [-0.25, -0.2) is 4.79 Å². The molecule has 0 aromatic heterocycles. The van der Waals surface area contributed by atoms with Crippen LogP contribution in [0, 0.1) is 0 Å². The molecule has 0 saturated carbocycles. The van der Waals surface area contributed by atoms with Crippen LogP contribution in [-0.4, -0.2) is 38.0 Å². The van der Waals surface area contributed by atoms with Crippen LogP contribution in [-0.2, 0) is 9.47 Å². The SMILES string of the molecule is COCC(C)Oc1cc(C(=O)OC)ccc1O. The van der Waals surface area contributed by atoms with Crippen molar-refractivity contribution < 1.29 is 24.1 Å². The predicted octanol–water partition coefficient (Wildman–Crippen LogP) is 1.59. The average molecular weight is 240 g/mol. The molecule has 0 bridgehead atoms. The van der Waals surface area contributed by atoms with E-state index in [1.807, 2.05) is 0 Å². The normalized spacial score (nSPS) is 11.9. The maximum atomic E-state index is 11.3. The predicted molar refractivity (Wildman–Crippen MR) is 61.4 cm³/mol. The Morgan fingerprint density at radius 1 is 1.41 bits per heavy atom. The minimum atomic E-state index is -0.478. The highest BCUT2D eigenvalue weighted by Crippen LogP contribution is 2.28. The summed E-state index contributed by atoms with van der Waals surface area (Å²) in [6.07, 6.45) is -0.223. The van der Waals surface area contributed by atoms with Crippen molar-refractivity contribution in [1.29, 1.82) is 0 Å². The molecule has 1 aromatic carbocycles. The van der Waals surface area contributed by atoms with Crippen LogP contribution in [0.4, 0.5) is 0 Å². The van der Waals surface area contributed by atoms with Gasteiger partial charge in [-0.1, -0.05) is 0 Å². The monoisotopic (exact) mass is 240 g/mol. The maximum absolute atomic E-state index is 11.3. The summed E-state index contributed by atoms with van der Waals surface area (Å²) in [6, 6.07) is 4.30. The number of benzene rings is 1. The molecule has 5 nitrogen and oxygen atoms in total. The number of carbonyl (C=O) groups is 1. The van der Waals surface area contributed by atoms with Gasteiger partial charge in [0.2, 0.25) is 0 Å². The zero-order valence-electron chi connectivity index (χ0n) is 10.1. The molecule has 0 heterocycles. The van der Waals surface area contributed by atoms with E-state index in [9.17, 15) is 9.90 Å². The molecule has 0 radical (unpaired) electrons. The van der Waals surface area contributed by atoms with Gasteiger partial charge in [-0.15, -0.1) is 0 Å². The lowest BCUT2D eigenvalue weighted by Crippen LogP contribution is -2.18. The smallest absolute Gasteiger partial charge is 0.337 e. The largest absolute Gasteiger partial charge is 0.504 e. The summed E-state index contributed by atoms with van der Waals surface area (Å²) in [5.41, 5.74) is 0.324. The van der Waals surface area contributed by atoms with Gasteiger partial charge in [0.05, 0.1) is 19.3 Å². The van der Waals surface area contributed by atoms with Crippen molar-refractivity contribution in [3.63, 3.8) is 0 Å². The Kier molecular flexibility index (Phi) is 4.78. The standard InChI is InChI=1S/C12H16O5/c1-8(7-15-2)17-11-6-9(12(14)16-3)4-5-10(11)13/h4-6,8,13H,7H2,1-3H3. The van der Waals surface area contributed by atoms with E-state index in [2.05, 4.69) is 4.74 Å². The maximum Gasteiger partial charge on any atom is 0.337 e. The van der Waals surface area contributed by atoms with Crippen molar-refractivity contribution in [3.05, 3.63) is 23.8 Å². The second-order valence-electron chi connectivity index (χ2n) is 3.56. The van der Waals surface area contributed by atoms with Crippen molar-refractivity contribution in [2.24, 2.45) is 0 Å². The molecule has 5 heteroatoms. The number of aromatic hydroxyl groups is 1. The number of rotatable bonds is 5. The van der Waals surface area contributed by atoms with Crippen molar-refractivity contribution in [1.82, 2.24) is 0 Å². The molecule has 1 rings (SSSR count). The molecule has 1 atom stereocenters. The highest BCUT2D eigenvalue weighted by atomic mass is 16.5. The molecule has 0 spiro atoms. The van der Waals surface area contributed by atoms with Crippen LogP contribution in [0.5, 0.6) is 11.5 Å². The lowest BCUT2D eigenvalue weighted by atomic mass is 10.2. The number of esters is 1. The second kappa shape index (κ2) is 6.10. The van der Waals surface area contributed by atoms with E-state index in [4.69, 9.17) is 9.47 Å². The molecule has 1 N–H and O–H groups in total.